The van der Waals surface area contributed by atoms with Crippen molar-refractivity contribution in [2.45, 2.75) is 27.3 Å². The number of amides is 2. The molecule has 0 atom stereocenters. The number of anilines is 1. The van der Waals surface area contributed by atoms with Gasteiger partial charge in [-0.05, 0) is 32.4 Å². The quantitative estimate of drug-likeness (QED) is 0.847. The van der Waals surface area contributed by atoms with Crippen molar-refractivity contribution in [2.75, 3.05) is 5.32 Å². The second-order valence-corrected chi connectivity index (χ2v) is 4.83. The average molecular weight is 287 g/mol. The van der Waals surface area contributed by atoms with Crippen molar-refractivity contribution in [3.63, 3.8) is 0 Å². The molecule has 0 saturated heterocycles. The minimum Gasteiger partial charge on any atom is -0.359 e. The summed E-state index contributed by atoms with van der Waals surface area (Å²) >= 11 is 0. The van der Waals surface area contributed by atoms with Crippen molar-refractivity contribution < 1.29 is 14.1 Å². The van der Waals surface area contributed by atoms with Crippen molar-refractivity contribution in [2.24, 2.45) is 0 Å². The maximum Gasteiger partial charge on any atom is 0.319 e. The van der Waals surface area contributed by atoms with E-state index in [-0.39, 0.29) is 18.4 Å². The SMILES string of the molecule is CC(=O)c1ccc(C)c(NC(=O)NCc2cc(C)no2)c1. The molecule has 1 heterocycles. The van der Waals surface area contributed by atoms with Crippen LogP contribution < -0.4 is 10.6 Å². The molecule has 0 radical (unpaired) electrons. The van der Waals surface area contributed by atoms with E-state index in [1.54, 1.807) is 24.3 Å². The summed E-state index contributed by atoms with van der Waals surface area (Å²) in [5.41, 5.74) is 2.80. The summed E-state index contributed by atoms with van der Waals surface area (Å²) in [6.45, 7) is 5.40. The van der Waals surface area contributed by atoms with E-state index in [1.807, 2.05) is 13.8 Å². The third-order valence-electron chi connectivity index (χ3n) is 2.99. The Hall–Kier alpha value is -2.63. The standard InChI is InChI=1S/C15H17N3O3/c1-9-4-5-12(11(3)19)7-14(9)17-15(20)16-8-13-6-10(2)18-21-13/h4-7H,8H2,1-3H3,(H2,16,17,20). The Morgan fingerprint density at radius 1 is 1.24 bits per heavy atom. The van der Waals surface area contributed by atoms with Gasteiger partial charge in [0.2, 0.25) is 0 Å². The summed E-state index contributed by atoms with van der Waals surface area (Å²) in [6, 6.07) is 6.58. The van der Waals surface area contributed by atoms with E-state index < -0.39 is 0 Å². The van der Waals surface area contributed by atoms with Gasteiger partial charge in [-0.3, -0.25) is 4.79 Å². The number of nitrogens with zero attached hydrogens (tertiary/aromatic N) is 1. The van der Waals surface area contributed by atoms with Crippen LogP contribution in [-0.4, -0.2) is 17.0 Å². The number of carbonyl (C=O) groups excluding carboxylic acids is 2. The van der Waals surface area contributed by atoms with Crippen molar-refractivity contribution in [3.8, 4) is 0 Å². The third-order valence-corrected chi connectivity index (χ3v) is 2.99. The second kappa shape index (κ2) is 6.21. The number of carbonyl (C=O) groups is 2. The van der Waals surface area contributed by atoms with Crippen molar-refractivity contribution in [1.82, 2.24) is 10.5 Å². The van der Waals surface area contributed by atoms with Crippen LogP contribution >= 0.6 is 0 Å². The lowest BCUT2D eigenvalue weighted by Crippen LogP contribution is -2.28. The van der Waals surface area contributed by atoms with Gasteiger partial charge >= 0.3 is 6.03 Å². The van der Waals surface area contributed by atoms with Gasteiger partial charge < -0.3 is 15.2 Å². The first-order valence-electron chi connectivity index (χ1n) is 6.54. The molecule has 2 amide bonds. The molecule has 1 aromatic heterocycles. The van der Waals surface area contributed by atoms with Gasteiger partial charge in [0.05, 0.1) is 12.2 Å². The van der Waals surface area contributed by atoms with Crippen molar-refractivity contribution >= 4 is 17.5 Å². The van der Waals surface area contributed by atoms with Gasteiger partial charge in [0, 0.05) is 17.3 Å². The fourth-order valence-corrected chi connectivity index (χ4v) is 1.81. The molecule has 6 nitrogen and oxygen atoms in total. The van der Waals surface area contributed by atoms with E-state index in [9.17, 15) is 9.59 Å². The topological polar surface area (TPSA) is 84.2 Å². The predicted octanol–water partition coefficient (Wildman–Crippen LogP) is 2.82. The lowest BCUT2D eigenvalue weighted by atomic mass is 10.1. The van der Waals surface area contributed by atoms with Crippen LogP contribution in [0.25, 0.3) is 0 Å². The van der Waals surface area contributed by atoms with Crippen LogP contribution in [0.2, 0.25) is 0 Å². The summed E-state index contributed by atoms with van der Waals surface area (Å²) < 4.78 is 5.00. The smallest absolute Gasteiger partial charge is 0.319 e. The molecule has 2 rings (SSSR count). The summed E-state index contributed by atoms with van der Waals surface area (Å²) in [7, 11) is 0. The fourth-order valence-electron chi connectivity index (χ4n) is 1.81. The van der Waals surface area contributed by atoms with Crippen LogP contribution in [0.3, 0.4) is 0 Å². The molecule has 0 unspecified atom stereocenters. The molecule has 0 aliphatic carbocycles. The number of Topliss-reactive ketones (excluding diaryl/α,β-unsaturated/α-hetero) is 1. The summed E-state index contributed by atoms with van der Waals surface area (Å²) in [5.74, 6) is 0.535. The second-order valence-electron chi connectivity index (χ2n) is 4.83. The Morgan fingerprint density at radius 3 is 2.62 bits per heavy atom. The van der Waals surface area contributed by atoms with Crippen LogP contribution in [0.4, 0.5) is 10.5 Å². The molecule has 0 bridgehead atoms. The minimum absolute atomic E-state index is 0.0457. The normalized spacial score (nSPS) is 10.2. The Bertz CT molecular complexity index is 677. The first kappa shape index (κ1) is 14.8. The Labute approximate surface area is 122 Å². The molecule has 110 valence electrons. The minimum atomic E-state index is -0.368. The van der Waals surface area contributed by atoms with E-state index in [0.717, 1.165) is 11.3 Å². The Morgan fingerprint density at radius 2 is 2.00 bits per heavy atom. The molecule has 1 aromatic carbocycles. The Kier molecular flexibility index (Phi) is 4.37. The zero-order valence-electron chi connectivity index (χ0n) is 12.2. The summed E-state index contributed by atoms with van der Waals surface area (Å²) in [5, 5.41) is 9.13. The van der Waals surface area contributed by atoms with E-state index in [2.05, 4.69) is 15.8 Å². The number of rotatable bonds is 4. The van der Waals surface area contributed by atoms with E-state index in [4.69, 9.17) is 4.52 Å². The molecule has 2 aromatic rings. The van der Waals surface area contributed by atoms with Crippen LogP contribution in [0, 0.1) is 13.8 Å². The molecule has 0 saturated carbocycles. The predicted molar refractivity (Wildman–Crippen MR) is 78.3 cm³/mol. The number of benzene rings is 1. The first-order chi connectivity index (χ1) is 9.95. The van der Waals surface area contributed by atoms with Crippen molar-refractivity contribution in [3.05, 3.63) is 46.8 Å². The number of ketones is 1. The summed E-state index contributed by atoms with van der Waals surface area (Å²) in [4.78, 5) is 23.2. The number of aryl methyl sites for hydroxylation is 2. The van der Waals surface area contributed by atoms with E-state index in [1.165, 1.54) is 6.92 Å². The van der Waals surface area contributed by atoms with Gasteiger partial charge in [-0.2, -0.15) is 0 Å². The lowest BCUT2D eigenvalue weighted by Gasteiger charge is -2.10. The van der Waals surface area contributed by atoms with Gasteiger partial charge in [0.1, 0.15) is 0 Å². The Balaban J connectivity index is 1.99. The number of nitrogens with one attached hydrogen (secondary N) is 2. The molecular formula is C15H17N3O3. The molecule has 0 fully saturated rings. The van der Waals surface area contributed by atoms with Gasteiger partial charge in [-0.15, -0.1) is 0 Å². The molecule has 0 aliphatic heterocycles. The summed E-state index contributed by atoms with van der Waals surface area (Å²) in [6.07, 6.45) is 0. The number of hydrogen-bond donors (Lipinski definition) is 2. The first-order valence-corrected chi connectivity index (χ1v) is 6.54. The highest BCUT2D eigenvalue weighted by Gasteiger charge is 2.08. The largest absolute Gasteiger partial charge is 0.359 e. The van der Waals surface area contributed by atoms with E-state index in [0.29, 0.717) is 17.0 Å². The van der Waals surface area contributed by atoms with Gasteiger partial charge in [-0.25, -0.2) is 4.79 Å². The molecule has 2 N–H and O–H groups in total. The molecule has 0 aliphatic rings. The van der Waals surface area contributed by atoms with Crippen LogP contribution in [0.5, 0.6) is 0 Å². The zero-order chi connectivity index (χ0) is 15.4. The fraction of sp³-hybridized carbons (Fsp3) is 0.267. The highest BCUT2D eigenvalue weighted by Crippen LogP contribution is 2.17. The highest BCUT2D eigenvalue weighted by molar-refractivity contribution is 5.97. The maximum absolute atomic E-state index is 11.9. The number of aromatic nitrogens is 1. The monoisotopic (exact) mass is 287 g/mol. The zero-order valence-corrected chi connectivity index (χ0v) is 12.2. The van der Waals surface area contributed by atoms with Crippen LogP contribution in [0.1, 0.15) is 34.3 Å². The molecule has 0 spiro atoms. The van der Waals surface area contributed by atoms with Crippen molar-refractivity contribution in [1.29, 1.82) is 0 Å². The third kappa shape index (κ3) is 3.92. The molecule has 6 heteroatoms. The average Bonchev–Trinajstić information content (AvgIpc) is 2.84. The van der Waals surface area contributed by atoms with E-state index >= 15 is 0 Å². The van der Waals surface area contributed by atoms with Gasteiger partial charge in [-0.1, -0.05) is 17.3 Å². The molecule has 21 heavy (non-hydrogen) atoms. The van der Waals surface area contributed by atoms with Crippen LogP contribution in [-0.2, 0) is 6.54 Å². The van der Waals surface area contributed by atoms with Crippen LogP contribution in [0.15, 0.2) is 28.8 Å². The number of urea groups is 1. The van der Waals surface area contributed by atoms with Gasteiger partial charge in [0.15, 0.2) is 11.5 Å². The molecular weight excluding hydrogens is 270 g/mol. The highest BCUT2D eigenvalue weighted by atomic mass is 16.5. The lowest BCUT2D eigenvalue weighted by molar-refractivity contribution is 0.101. The number of hydrogen-bond acceptors (Lipinski definition) is 4. The van der Waals surface area contributed by atoms with Gasteiger partial charge in [0.25, 0.3) is 0 Å². The maximum atomic E-state index is 11.9.